The van der Waals surface area contributed by atoms with Crippen LogP contribution in [0.15, 0.2) is 66.9 Å². The standard InChI is InChI=1S/C21H18ClN3O2/c1-14-4-2-3-5-16(14)13-24-21(27)19-12-15(10-11-23-19)20(26)25-18-8-6-17(22)7-9-18/h2-12H,13H2,1H3,(H,24,27)(H,25,26). The van der Waals surface area contributed by atoms with E-state index in [9.17, 15) is 9.59 Å². The number of carbonyl (C=O) groups is 2. The fraction of sp³-hybridized carbons (Fsp3) is 0.0952. The highest BCUT2D eigenvalue weighted by atomic mass is 35.5. The zero-order valence-corrected chi connectivity index (χ0v) is 15.5. The van der Waals surface area contributed by atoms with Crippen LogP contribution in [0.1, 0.15) is 32.0 Å². The van der Waals surface area contributed by atoms with Gasteiger partial charge in [-0.15, -0.1) is 0 Å². The summed E-state index contributed by atoms with van der Waals surface area (Å²) in [7, 11) is 0. The van der Waals surface area contributed by atoms with E-state index in [1.807, 2.05) is 31.2 Å². The Kier molecular flexibility index (Phi) is 5.84. The first-order chi connectivity index (χ1) is 13.0. The smallest absolute Gasteiger partial charge is 0.270 e. The largest absolute Gasteiger partial charge is 0.347 e. The van der Waals surface area contributed by atoms with Crippen molar-refractivity contribution in [1.82, 2.24) is 10.3 Å². The van der Waals surface area contributed by atoms with Crippen molar-refractivity contribution < 1.29 is 9.59 Å². The normalized spacial score (nSPS) is 10.3. The van der Waals surface area contributed by atoms with Crippen molar-refractivity contribution in [3.05, 3.63) is 94.3 Å². The summed E-state index contributed by atoms with van der Waals surface area (Å²) in [6.07, 6.45) is 1.44. The predicted molar refractivity (Wildman–Crippen MR) is 106 cm³/mol. The highest BCUT2D eigenvalue weighted by Gasteiger charge is 2.12. The van der Waals surface area contributed by atoms with Gasteiger partial charge in [-0.2, -0.15) is 0 Å². The number of hydrogen-bond acceptors (Lipinski definition) is 3. The Morgan fingerprint density at radius 1 is 1.00 bits per heavy atom. The van der Waals surface area contributed by atoms with Crippen LogP contribution in [0.4, 0.5) is 5.69 Å². The van der Waals surface area contributed by atoms with Gasteiger partial charge in [0.15, 0.2) is 0 Å². The van der Waals surface area contributed by atoms with Crippen LogP contribution in [0.3, 0.4) is 0 Å². The topological polar surface area (TPSA) is 71.1 Å². The lowest BCUT2D eigenvalue weighted by molar-refractivity contribution is 0.0946. The third kappa shape index (κ3) is 4.92. The zero-order chi connectivity index (χ0) is 19.2. The molecule has 5 nitrogen and oxygen atoms in total. The first kappa shape index (κ1) is 18.6. The summed E-state index contributed by atoms with van der Waals surface area (Å²) in [5, 5.41) is 6.18. The van der Waals surface area contributed by atoms with Crippen molar-refractivity contribution in [1.29, 1.82) is 0 Å². The van der Waals surface area contributed by atoms with Crippen LogP contribution < -0.4 is 10.6 Å². The average Bonchev–Trinajstić information content (AvgIpc) is 2.69. The Hall–Kier alpha value is -3.18. The van der Waals surface area contributed by atoms with Gasteiger partial charge in [0, 0.05) is 29.0 Å². The monoisotopic (exact) mass is 379 g/mol. The van der Waals surface area contributed by atoms with E-state index >= 15 is 0 Å². The summed E-state index contributed by atoms with van der Waals surface area (Å²) in [5.41, 5.74) is 3.28. The maximum absolute atomic E-state index is 12.4. The molecule has 0 spiro atoms. The van der Waals surface area contributed by atoms with Gasteiger partial charge < -0.3 is 10.6 Å². The molecule has 0 atom stereocenters. The molecule has 0 aliphatic rings. The third-order valence-electron chi connectivity index (χ3n) is 4.06. The highest BCUT2D eigenvalue weighted by molar-refractivity contribution is 6.30. The molecular formula is C21H18ClN3O2. The molecule has 6 heteroatoms. The number of nitrogens with one attached hydrogen (secondary N) is 2. The number of rotatable bonds is 5. The molecule has 0 unspecified atom stereocenters. The van der Waals surface area contributed by atoms with Crippen molar-refractivity contribution in [3.63, 3.8) is 0 Å². The van der Waals surface area contributed by atoms with E-state index in [1.54, 1.807) is 30.3 Å². The van der Waals surface area contributed by atoms with E-state index in [4.69, 9.17) is 11.6 Å². The van der Waals surface area contributed by atoms with Crippen LogP contribution in [0.2, 0.25) is 5.02 Å². The Labute approximate surface area is 162 Å². The number of halogens is 1. The van der Waals surface area contributed by atoms with Crippen LogP contribution in [-0.4, -0.2) is 16.8 Å². The molecule has 27 heavy (non-hydrogen) atoms. The number of aryl methyl sites for hydroxylation is 1. The number of carbonyl (C=O) groups excluding carboxylic acids is 2. The highest BCUT2D eigenvalue weighted by Crippen LogP contribution is 2.15. The quantitative estimate of drug-likeness (QED) is 0.697. The fourth-order valence-corrected chi connectivity index (χ4v) is 2.63. The summed E-state index contributed by atoms with van der Waals surface area (Å²) in [6, 6.07) is 17.6. The second-order valence-corrected chi connectivity index (χ2v) is 6.44. The minimum absolute atomic E-state index is 0.187. The Balaban J connectivity index is 1.67. The minimum atomic E-state index is -0.334. The SMILES string of the molecule is Cc1ccccc1CNC(=O)c1cc(C(=O)Nc2ccc(Cl)cc2)ccn1. The second kappa shape index (κ2) is 8.47. The fourth-order valence-electron chi connectivity index (χ4n) is 2.51. The summed E-state index contributed by atoms with van der Waals surface area (Å²) in [4.78, 5) is 28.8. The van der Waals surface area contributed by atoms with E-state index < -0.39 is 0 Å². The van der Waals surface area contributed by atoms with Gasteiger partial charge in [-0.05, 0) is 54.4 Å². The summed E-state index contributed by atoms with van der Waals surface area (Å²) in [6.45, 7) is 2.38. The van der Waals surface area contributed by atoms with Gasteiger partial charge in [0.25, 0.3) is 11.8 Å². The van der Waals surface area contributed by atoms with Crippen molar-refractivity contribution in [2.45, 2.75) is 13.5 Å². The molecule has 1 heterocycles. The third-order valence-corrected chi connectivity index (χ3v) is 4.31. The van der Waals surface area contributed by atoms with Crippen molar-refractivity contribution in [3.8, 4) is 0 Å². The molecule has 3 rings (SSSR count). The number of amides is 2. The number of aromatic nitrogens is 1. The van der Waals surface area contributed by atoms with Crippen molar-refractivity contribution >= 4 is 29.1 Å². The van der Waals surface area contributed by atoms with Crippen LogP contribution in [0.25, 0.3) is 0 Å². The number of hydrogen-bond donors (Lipinski definition) is 2. The molecule has 136 valence electrons. The van der Waals surface area contributed by atoms with Gasteiger partial charge >= 0.3 is 0 Å². The Morgan fingerprint density at radius 3 is 2.48 bits per heavy atom. The molecule has 0 radical (unpaired) electrons. The van der Waals surface area contributed by atoms with Gasteiger partial charge in [0.1, 0.15) is 5.69 Å². The second-order valence-electron chi connectivity index (χ2n) is 6.00. The number of pyridine rings is 1. The van der Waals surface area contributed by atoms with Crippen molar-refractivity contribution in [2.75, 3.05) is 5.32 Å². The molecule has 2 aromatic carbocycles. The van der Waals surface area contributed by atoms with Crippen LogP contribution in [0, 0.1) is 6.92 Å². The maximum Gasteiger partial charge on any atom is 0.270 e. The molecular weight excluding hydrogens is 362 g/mol. The first-order valence-corrected chi connectivity index (χ1v) is 8.76. The van der Waals surface area contributed by atoms with Gasteiger partial charge in [-0.1, -0.05) is 35.9 Å². The van der Waals surface area contributed by atoms with Gasteiger partial charge in [-0.3, -0.25) is 14.6 Å². The Bertz CT molecular complexity index is 971. The molecule has 0 aliphatic heterocycles. The van der Waals surface area contributed by atoms with Gasteiger partial charge in [0.2, 0.25) is 0 Å². The molecule has 0 bridgehead atoms. The molecule has 0 aliphatic carbocycles. The zero-order valence-electron chi connectivity index (χ0n) is 14.7. The number of anilines is 1. The van der Waals surface area contributed by atoms with E-state index in [0.717, 1.165) is 11.1 Å². The number of nitrogens with zero attached hydrogens (tertiary/aromatic N) is 1. The van der Waals surface area contributed by atoms with Crippen LogP contribution in [-0.2, 0) is 6.54 Å². The molecule has 2 amide bonds. The van der Waals surface area contributed by atoms with Crippen molar-refractivity contribution in [2.24, 2.45) is 0 Å². The summed E-state index contributed by atoms with van der Waals surface area (Å²) < 4.78 is 0. The van der Waals surface area contributed by atoms with Crippen LogP contribution in [0.5, 0.6) is 0 Å². The molecule has 1 aromatic heterocycles. The predicted octanol–water partition coefficient (Wildman–Crippen LogP) is 4.23. The van der Waals surface area contributed by atoms with Gasteiger partial charge in [-0.25, -0.2) is 0 Å². The molecule has 2 N–H and O–H groups in total. The molecule has 0 fully saturated rings. The molecule has 0 saturated carbocycles. The Morgan fingerprint density at radius 2 is 1.74 bits per heavy atom. The lowest BCUT2D eigenvalue weighted by Gasteiger charge is -2.09. The van der Waals surface area contributed by atoms with E-state index in [-0.39, 0.29) is 17.5 Å². The minimum Gasteiger partial charge on any atom is -0.347 e. The first-order valence-electron chi connectivity index (χ1n) is 8.38. The van der Waals surface area contributed by atoms with Gasteiger partial charge in [0.05, 0.1) is 0 Å². The molecule has 0 saturated heterocycles. The lowest BCUT2D eigenvalue weighted by Crippen LogP contribution is -2.24. The summed E-state index contributed by atoms with van der Waals surface area (Å²) in [5.74, 6) is -0.660. The van der Waals surface area contributed by atoms with E-state index in [2.05, 4.69) is 15.6 Å². The molecule has 3 aromatic rings. The number of benzene rings is 2. The van der Waals surface area contributed by atoms with E-state index in [1.165, 1.54) is 12.3 Å². The summed E-state index contributed by atoms with van der Waals surface area (Å²) >= 11 is 5.84. The maximum atomic E-state index is 12.4. The van der Waals surface area contributed by atoms with E-state index in [0.29, 0.717) is 22.8 Å². The average molecular weight is 380 g/mol. The lowest BCUT2D eigenvalue weighted by atomic mass is 10.1. The van der Waals surface area contributed by atoms with Crippen LogP contribution >= 0.6 is 11.6 Å².